The van der Waals surface area contributed by atoms with Crippen LogP contribution >= 0.6 is 11.3 Å². The van der Waals surface area contributed by atoms with Crippen LogP contribution < -0.4 is 0 Å². The van der Waals surface area contributed by atoms with E-state index in [1.165, 1.54) is 16.0 Å². The van der Waals surface area contributed by atoms with Gasteiger partial charge in [-0.3, -0.25) is 0 Å². The molecular formula is C10H12N2O2S. The summed E-state index contributed by atoms with van der Waals surface area (Å²) in [6.45, 7) is 2.52. The number of carbonyl (C=O) groups excluding carboxylic acids is 1. The molecule has 0 saturated carbocycles. The van der Waals surface area contributed by atoms with Crippen LogP contribution in [0, 0.1) is 0 Å². The highest BCUT2D eigenvalue weighted by Crippen LogP contribution is 2.19. The zero-order valence-corrected chi connectivity index (χ0v) is 9.29. The zero-order valence-electron chi connectivity index (χ0n) is 8.47. The first-order valence-corrected chi connectivity index (χ1v) is 5.79. The largest absolute Gasteiger partial charge is 0.448 e. The summed E-state index contributed by atoms with van der Waals surface area (Å²) in [6.07, 6.45) is 3.19. The minimum Gasteiger partial charge on any atom is -0.448 e. The van der Waals surface area contributed by atoms with E-state index in [0.29, 0.717) is 6.61 Å². The first-order chi connectivity index (χ1) is 7.33. The van der Waals surface area contributed by atoms with Crippen molar-refractivity contribution in [2.75, 3.05) is 6.61 Å². The molecule has 5 heteroatoms. The molecule has 15 heavy (non-hydrogen) atoms. The Labute approximate surface area is 91.5 Å². The van der Waals surface area contributed by atoms with Gasteiger partial charge in [0.2, 0.25) is 0 Å². The maximum atomic E-state index is 11.6. The molecule has 0 unspecified atom stereocenters. The molecule has 0 aliphatic rings. The monoisotopic (exact) mass is 224 g/mol. The minimum atomic E-state index is -0.388. The SMILES string of the molecule is CCCCOC(=O)n1ncc2ccsc21. The molecule has 2 aromatic rings. The van der Waals surface area contributed by atoms with Crippen LogP contribution in [0.15, 0.2) is 17.6 Å². The third-order valence-corrected chi connectivity index (χ3v) is 2.98. The lowest BCUT2D eigenvalue weighted by Gasteiger charge is -2.02. The van der Waals surface area contributed by atoms with E-state index >= 15 is 0 Å². The molecule has 2 aromatic heterocycles. The first-order valence-electron chi connectivity index (χ1n) is 4.91. The topological polar surface area (TPSA) is 44.1 Å². The normalized spacial score (nSPS) is 10.7. The quantitative estimate of drug-likeness (QED) is 0.753. The van der Waals surface area contributed by atoms with Crippen molar-refractivity contribution in [3.8, 4) is 0 Å². The molecule has 0 aromatic carbocycles. The van der Waals surface area contributed by atoms with E-state index in [4.69, 9.17) is 4.74 Å². The fourth-order valence-electron chi connectivity index (χ4n) is 1.25. The van der Waals surface area contributed by atoms with Gasteiger partial charge in [-0.1, -0.05) is 13.3 Å². The van der Waals surface area contributed by atoms with Gasteiger partial charge in [0.05, 0.1) is 12.8 Å². The van der Waals surface area contributed by atoms with Crippen LogP contribution in [0.25, 0.3) is 10.2 Å². The molecule has 4 nitrogen and oxygen atoms in total. The number of rotatable bonds is 3. The van der Waals surface area contributed by atoms with E-state index in [-0.39, 0.29) is 6.09 Å². The zero-order chi connectivity index (χ0) is 10.7. The molecule has 0 aliphatic heterocycles. The lowest BCUT2D eigenvalue weighted by atomic mass is 10.4. The molecule has 0 bridgehead atoms. The van der Waals surface area contributed by atoms with Crippen molar-refractivity contribution >= 4 is 27.6 Å². The molecule has 0 N–H and O–H groups in total. The fraction of sp³-hybridized carbons (Fsp3) is 0.400. The molecule has 2 rings (SSSR count). The Morgan fingerprint density at radius 1 is 1.67 bits per heavy atom. The van der Waals surface area contributed by atoms with E-state index in [9.17, 15) is 4.79 Å². The Bertz CT molecular complexity index is 461. The van der Waals surface area contributed by atoms with Crippen molar-refractivity contribution < 1.29 is 9.53 Å². The summed E-state index contributed by atoms with van der Waals surface area (Å²) in [5.41, 5.74) is 0. The number of nitrogens with zero attached hydrogens (tertiary/aromatic N) is 2. The van der Waals surface area contributed by atoms with E-state index in [1.807, 2.05) is 11.4 Å². The molecule has 0 aliphatic carbocycles. The number of thiophene rings is 1. The van der Waals surface area contributed by atoms with Gasteiger partial charge in [0.15, 0.2) is 0 Å². The van der Waals surface area contributed by atoms with Crippen molar-refractivity contribution in [3.05, 3.63) is 17.6 Å². The van der Waals surface area contributed by atoms with Crippen LogP contribution in [0.5, 0.6) is 0 Å². The molecule has 0 radical (unpaired) electrons. The van der Waals surface area contributed by atoms with Crippen LogP contribution in [0.2, 0.25) is 0 Å². The van der Waals surface area contributed by atoms with Crippen molar-refractivity contribution in [2.45, 2.75) is 19.8 Å². The molecule has 0 amide bonds. The van der Waals surface area contributed by atoms with Crippen LogP contribution in [0.3, 0.4) is 0 Å². The number of unbranched alkanes of at least 4 members (excludes halogenated alkanes) is 1. The molecule has 0 saturated heterocycles. The first kappa shape index (κ1) is 10.2. The van der Waals surface area contributed by atoms with Gasteiger partial charge in [-0.05, 0) is 17.9 Å². The summed E-state index contributed by atoms with van der Waals surface area (Å²) in [5, 5.41) is 6.90. The van der Waals surface area contributed by atoms with Gasteiger partial charge in [-0.15, -0.1) is 11.3 Å². The standard InChI is InChI=1S/C10H12N2O2S/c1-2-3-5-14-10(13)12-9-8(7-11-12)4-6-15-9/h4,6-7H,2-3,5H2,1H3. The third-order valence-electron chi connectivity index (χ3n) is 2.08. The van der Waals surface area contributed by atoms with Gasteiger partial charge in [0.1, 0.15) is 4.83 Å². The summed E-state index contributed by atoms with van der Waals surface area (Å²) in [5.74, 6) is 0. The van der Waals surface area contributed by atoms with Crippen molar-refractivity contribution in [3.63, 3.8) is 0 Å². The smallest absolute Gasteiger partial charge is 0.436 e. The third kappa shape index (κ3) is 2.02. The number of aromatic nitrogens is 2. The van der Waals surface area contributed by atoms with E-state index in [1.54, 1.807) is 6.20 Å². The Morgan fingerprint density at radius 2 is 2.53 bits per heavy atom. The number of ether oxygens (including phenoxy) is 1. The summed E-state index contributed by atoms with van der Waals surface area (Å²) in [7, 11) is 0. The molecule has 0 atom stereocenters. The molecule has 2 heterocycles. The molecule has 80 valence electrons. The molecule has 0 spiro atoms. The average molecular weight is 224 g/mol. The van der Waals surface area contributed by atoms with Gasteiger partial charge in [-0.25, -0.2) is 4.79 Å². The number of hydrogen-bond acceptors (Lipinski definition) is 4. The highest BCUT2D eigenvalue weighted by atomic mass is 32.1. The predicted octanol–water partition coefficient (Wildman–Crippen LogP) is 2.88. The highest BCUT2D eigenvalue weighted by molar-refractivity contribution is 7.16. The lowest BCUT2D eigenvalue weighted by Crippen LogP contribution is -2.15. The van der Waals surface area contributed by atoms with Crippen molar-refractivity contribution in [1.29, 1.82) is 0 Å². The van der Waals surface area contributed by atoms with Crippen molar-refractivity contribution in [2.24, 2.45) is 0 Å². The van der Waals surface area contributed by atoms with Gasteiger partial charge >= 0.3 is 6.09 Å². The van der Waals surface area contributed by atoms with Gasteiger partial charge < -0.3 is 4.74 Å². The number of fused-ring (bicyclic) bond motifs is 1. The number of hydrogen-bond donors (Lipinski definition) is 0. The van der Waals surface area contributed by atoms with Crippen LogP contribution in [0.1, 0.15) is 19.8 Å². The second-order valence-corrected chi connectivity index (χ2v) is 4.10. The fourth-order valence-corrected chi connectivity index (χ4v) is 2.07. The van der Waals surface area contributed by atoms with E-state index < -0.39 is 0 Å². The van der Waals surface area contributed by atoms with Crippen LogP contribution in [-0.4, -0.2) is 22.5 Å². The van der Waals surface area contributed by atoms with Crippen LogP contribution in [0.4, 0.5) is 4.79 Å². The summed E-state index contributed by atoms with van der Waals surface area (Å²) < 4.78 is 6.39. The van der Waals surface area contributed by atoms with Crippen LogP contribution in [-0.2, 0) is 4.74 Å². The molecular weight excluding hydrogens is 212 g/mol. The lowest BCUT2D eigenvalue weighted by molar-refractivity contribution is 0.144. The van der Waals surface area contributed by atoms with Gasteiger partial charge in [-0.2, -0.15) is 9.78 Å². The van der Waals surface area contributed by atoms with Gasteiger partial charge in [0.25, 0.3) is 0 Å². The van der Waals surface area contributed by atoms with E-state index in [0.717, 1.165) is 23.1 Å². The Kier molecular flexibility index (Phi) is 3.01. The minimum absolute atomic E-state index is 0.388. The second kappa shape index (κ2) is 4.44. The number of carbonyl (C=O) groups is 1. The summed E-state index contributed by atoms with van der Waals surface area (Å²) in [4.78, 5) is 12.4. The highest BCUT2D eigenvalue weighted by Gasteiger charge is 2.11. The Balaban J connectivity index is 2.10. The average Bonchev–Trinajstić information content (AvgIpc) is 2.78. The molecule has 0 fully saturated rings. The maximum absolute atomic E-state index is 11.6. The van der Waals surface area contributed by atoms with Crippen molar-refractivity contribution in [1.82, 2.24) is 9.78 Å². The Hall–Kier alpha value is -1.36. The Morgan fingerprint density at radius 3 is 3.33 bits per heavy atom. The summed E-state index contributed by atoms with van der Waals surface area (Å²) in [6, 6.07) is 1.93. The maximum Gasteiger partial charge on any atom is 0.436 e. The second-order valence-electron chi connectivity index (χ2n) is 3.21. The van der Waals surface area contributed by atoms with Gasteiger partial charge in [0, 0.05) is 5.39 Å². The predicted molar refractivity (Wildman–Crippen MR) is 59.3 cm³/mol. The van der Waals surface area contributed by atoms with E-state index in [2.05, 4.69) is 12.0 Å². The summed E-state index contributed by atoms with van der Waals surface area (Å²) >= 11 is 1.49.